The van der Waals surface area contributed by atoms with E-state index in [9.17, 15) is 9.59 Å². The molecule has 32 heavy (non-hydrogen) atoms. The summed E-state index contributed by atoms with van der Waals surface area (Å²) in [6, 6.07) is 16.1. The maximum atomic E-state index is 12.9. The lowest BCUT2D eigenvalue weighted by Gasteiger charge is -2.33. The van der Waals surface area contributed by atoms with Crippen LogP contribution in [0.25, 0.3) is 11.4 Å². The van der Waals surface area contributed by atoms with Gasteiger partial charge >= 0.3 is 0 Å². The molecule has 8 heteroatoms. The van der Waals surface area contributed by atoms with Crippen molar-refractivity contribution in [2.75, 3.05) is 27.2 Å². The lowest BCUT2D eigenvalue weighted by atomic mass is 10.0. The first kappa shape index (κ1) is 21.5. The Morgan fingerprint density at radius 1 is 1.09 bits per heavy atom. The smallest absolute Gasteiger partial charge is 0.261 e. The van der Waals surface area contributed by atoms with Crippen LogP contribution in [-0.4, -0.2) is 59.0 Å². The second kappa shape index (κ2) is 9.64. The Labute approximate surface area is 186 Å². The molecule has 3 aromatic rings. The lowest BCUT2D eigenvalue weighted by Crippen LogP contribution is -2.41. The van der Waals surface area contributed by atoms with E-state index in [2.05, 4.69) is 10.1 Å². The fourth-order valence-corrected chi connectivity index (χ4v) is 3.74. The minimum atomic E-state index is -0.272. The number of hydrogen-bond donors (Lipinski definition) is 0. The number of nitrogens with zero attached hydrogens (tertiary/aromatic N) is 4. The van der Waals surface area contributed by atoms with E-state index in [4.69, 9.17) is 9.26 Å². The quantitative estimate of drug-likeness (QED) is 0.589. The van der Waals surface area contributed by atoms with E-state index in [1.165, 1.54) is 4.90 Å². The van der Waals surface area contributed by atoms with Gasteiger partial charge in [-0.25, -0.2) is 0 Å². The van der Waals surface area contributed by atoms with Crippen LogP contribution in [-0.2, 0) is 4.79 Å². The summed E-state index contributed by atoms with van der Waals surface area (Å²) in [4.78, 5) is 32.8. The number of rotatable bonds is 6. The molecule has 1 aliphatic heterocycles. The van der Waals surface area contributed by atoms with Crippen molar-refractivity contribution >= 4 is 11.8 Å². The van der Waals surface area contributed by atoms with Crippen LogP contribution in [0.15, 0.2) is 59.1 Å². The molecular formula is C24H26N4O4. The zero-order valence-corrected chi connectivity index (χ0v) is 18.2. The number of piperidine rings is 1. The van der Waals surface area contributed by atoms with Gasteiger partial charge in [0.2, 0.25) is 11.7 Å². The Bertz CT molecular complexity index is 1060. The molecule has 0 N–H and O–H groups in total. The van der Waals surface area contributed by atoms with Gasteiger partial charge in [-0.1, -0.05) is 35.5 Å². The van der Waals surface area contributed by atoms with Crippen LogP contribution in [0.3, 0.4) is 0 Å². The zero-order valence-electron chi connectivity index (χ0n) is 18.2. The van der Waals surface area contributed by atoms with Crippen molar-refractivity contribution < 1.29 is 18.8 Å². The topological polar surface area (TPSA) is 88.8 Å². The van der Waals surface area contributed by atoms with Crippen molar-refractivity contribution in [3.8, 4) is 17.1 Å². The average molecular weight is 434 g/mol. The molecule has 1 saturated heterocycles. The van der Waals surface area contributed by atoms with Gasteiger partial charge in [0.15, 0.2) is 6.61 Å². The Morgan fingerprint density at radius 3 is 2.56 bits per heavy atom. The zero-order chi connectivity index (χ0) is 22.5. The van der Waals surface area contributed by atoms with E-state index in [-0.39, 0.29) is 24.5 Å². The predicted molar refractivity (Wildman–Crippen MR) is 118 cm³/mol. The van der Waals surface area contributed by atoms with Crippen molar-refractivity contribution in [3.05, 3.63) is 66.1 Å². The summed E-state index contributed by atoms with van der Waals surface area (Å²) in [6.07, 6.45) is 2.66. The molecule has 1 unspecified atom stereocenters. The number of amides is 2. The first-order valence-electron chi connectivity index (χ1n) is 10.7. The summed E-state index contributed by atoms with van der Waals surface area (Å²) in [5.41, 5.74) is 1.33. The molecule has 1 atom stereocenters. The van der Waals surface area contributed by atoms with Crippen LogP contribution in [0.2, 0.25) is 0 Å². The first-order valence-corrected chi connectivity index (χ1v) is 10.7. The van der Waals surface area contributed by atoms with Gasteiger partial charge in [-0.2, -0.15) is 4.98 Å². The van der Waals surface area contributed by atoms with E-state index in [1.807, 2.05) is 30.3 Å². The summed E-state index contributed by atoms with van der Waals surface area (Å²) in [5.74, 6) is 1.33. The van der Waals surface area contributed by atoms with Crippen LogP contribution in [0.1, 0.15) is 41.6 Å². The van der Waals surface area contributed by atoms with Crippen LogP contribution in [0.5, 0.6) is 5.75 Å². The summed E-state index contributed by atoms with van der Waals surface area (Å²) in [7, 11) is 3.42. The monoisotopic (exact) mass is 434 g/mol. The Morgan fingerprint density at radius 2 is 1.84 bits per heavy atom. The molecule has 0 bridgehead atoms. The number of carbonyl (C=O) groups excluding carboxylic acids is 2. The van der Waals surface area contributed by atoms with Gasteiger partial charge in [-0.3, -0.25) is 9.59 Å². The Balaban J connectivity index is 1.46. The second-order valence-electron chi connectivity index (χ2n) is 7.93. The summed E-state index contributed by atoms with van der Waals surface area (Å²) < 4.78 is 11.2. The van der Waals surface area contributed by atoms with Crippen molar-refractivity contribution in [1.29, 1.82) is 0 Å². The van der Waals surface area contributed by atoms with E-state index < -0.39 is 0 Å². The molecule has 0 aliphatic carbocycles. The number of para-hydroxylation sites is 1. The summed E-state index contributed by atoms with van der Waals surface area (Å²) in [5, 5.41) is 4.11. The number of carbonyl (C=O) groups is 2. The number of ether oxygens (including phenoxy) is 1. The largest absolute Gasteiger partial charge is 0.484 e. The molecule has 1 aliphatic rings. The average Bonchev–Trinajstić information content (AvgIpc) is 3.33. The van der Waals surface area contributed by atoms with E-state index in [0.717, 1.165) is 24.8 Å². The summed E-state index contributed by atoms with van der Waals surface area (Å²) in [6.45, 7) is 0.587. The van der Waals surface area contributed by atoms with E-state index in [0.29, 0.717) is 29.6 Å². The molecule has 8 nitrogen and oxygen atoms in total. The molecular weight excluding hydrogens is 408 g/mol. The van der Waals surface area contributed by atoms with Crippen LogP contribution in [0, 0.1) is 0 Å². The molecule has 1 fully saturated rings. The normalized spacial score (nSPS) is 15.9. The third-order valence-corrected chi connectivity index (χ3v) is 5.45. The van der Waals surface area contributed by atoms with Gasteiger partial charge in [0.1, 0.15) is 11.8 Å². The number of likely N-dealkylation sites (tertiary alicyclic amines) is 1. The maximum Gasteiger partial charge on any atom is 0.261 e. The molecule has 0 spiro atoms. The number of hydrogen-bond acceptors (Lipinski definition) is 6. The van der Waals surface area contributed by atoms with Gasteiger partial charge in [0.25, 0.3) is 11.8 Å². The molecule has 1 aromatic heterocycles. The first-order chi connectivity index (χ1) is 15.5. The standard InChI is InChI=1S/C24H26N4O4/c1-27(2)24(30)18-13-11-17(12-14-18)22-25-23(32-26-22)20-10-6-7-15-28(20)21(29)16-31-19-8-4-3-5-9-19/h3-5,8-9,11-14,20H,6-7,10,15-16H2,1-2H3. The fraction of sp³-hybridized carbons (Fsp3) is 0.333. The molecule has 2 amide bonds. The second-order valence-corrected chi connectivity index (χ2v) is 7.93. The SMILES string of the molecule is CN(C)C(=O)c1ccc(-c2noc(C3CCCCN3C(=O)COc3ccccc3)n2)cc1. The highest BCUT2D eigenvalue weighted by atomic mass is 16.5. The summed E-state index contributed by atoms with van der Waals surface area (Å²) >= 11 is 0. The van der Waals surface area contributed by atoms with Gasteiger partial charge in [-0.15, -0.1) is 0 Å². The van der Waals surface area contributed by atoms with Gasteiger partial charge in [-0.05, 0) is 43.5 Å². The van der Waals surface area contributed by atoms with Crippen LogP contribution in [0.4, 0.5) is 0 Å². The molecule has 166 valence electrons. The highest BCUT2D eigenvalue weighted by molar-refractivity contribution is 5.94. The van der Waals surface area contributed by atoms with Crippen molar-refractivity contribution in [2.45, 2.75) is 25.3 Å². The van der Waals surface area contributed by atoms with E-state index >= 15 is 0 Å². The van der Waals surface area contributed by atoms with E-state index in [1.54, 1.807) is 43.3 Å². The predicted octanol–water partition coefficient (Wildman–Crippen LogP) is 3.57. The van der Waals surface area contributed by atoms with Crippen LogP contribution < -0.4 is 4.74 Å². The minimum absolute atomic E-state index is 0.0388. The van der Waals surface area contributed by atoms with Gasteiger partial charge in [0, 0.05) is 31.8 Å². The number of benzene rings is 2. The lowest BCUT2D eigenvalue weighted by molar-refractivity contribution is -0.138. The third-order valence-electron chi connectivity index (χ3n) is 5.45. The highest BCUT2D eigenvalue weighted by Crippen LogP contribution is 2.31. The maximum absolute atomic E-state index is 12.9. The highest BCUT2D eigenvalue weighted by Gasteiger charge is 2.32. The van der Waals surface area contributed by atoms with Crippen molar-refractivity contribution in [3.63, 3.8) is 0 Å². The molecule has 2 aromatic carbocycles. The third kappa shape index (κ3) is 4.80. The van der Waals surface area contributed by atoms with Crippen LogP contribution >= 0.6 is 0 Å². The number of aromatic nitrogens is 2. The fourth-order valence-electron chi connectivity index (χ4n) is 3.74. The Hall–Kier alpha value is -3.68. The molecule has 4 rings (SSSR count). The van der Waals surface area contributed by atoms with Gasteiger partial charge in [0.05, 0.1) is 0 Å². The van der Waals surface area contributed by atoms with Crippen molar-refractivity contribution in [1.82, 2.24) is 19.9 Å². The molecule has 2 heterocycles. The molecule has 0 saturated carbocycles. The minimum Gasteiger partial charge on any atom is -0.484 e. The van der Waals surface area contributed by atoms with Gasteiger partial charge < -0.3 is 19.1 Å². The van der Waals surface area contributed by atoms with Crippen molar-refractivity contribution in [2.24, 2.45) is 0 Å². The Kier molecular flexibility index (Phi) is 6.49. The molecule has 0 radical (unpaired) electrons.